The van der Waals surface area contributed by atoms with Gasteiger partial charge in [0.05, 0.1) is 19.3 Å². The third kappa shape index (κ3) is 8.82. The largest absolute Gasteiger partial charge is 0.379 e. The minimum atomic E-state index is -0.200. The Morgan fingerprint density at radius 3 is 2.42 bits per heavy atom. The van der Waals surface area contributed by atoms with Crippen LogP contribution in [0.15, 0.2) is 29.3 Å². The molecule has 2 N–H and O–H groups in total. The number of rotatable bonds is 9. The van der Waals surface area contributed by atoms with E-state index in [1.165, 1.54) is 25.9 Å². The molecule has 31 heavy (non-hydrogen) atoms. The van der Waals surface area contributed by atoms with Gasteiger partial charge in [-0.1, -0.05) is 19.1 Å². The molecule has 2 atom stereocenters. The summed E-state index contributed by atoms with van der Waals surface area (Å²) in [7, 11) is 0. The van der Waals surface area contributed by atoms with Gasteiger partial charge >= 0.3 is 0 Å². The standard InChI is InChI=1S/C23H38FN5O.HI/c1-3-25-23(26-16-19(2)18-28-10-4-5-11-28)27-17-22(29-12-14-30-15-13-29)20-6-8-21(24)9-7-20;/h6-9,19,22H,3-5,10-18H2,1-2H3,(H2,25,26,27);1H. The second kappa shape index (κ2) is 14.2. The first-order chi connectivity index (χ1) is 14.7. The van der Waals surface area contributed by atoms with Crippen LogP contribution in [0.4, 0.5) is 4.39 Å². The fraction of sp³-hybridized carbons (Fsp3) is 0.696. The topological polar surface area (TPSA) is 52.1 Å². The summed E-state index contributed by atoms with van der Waals surface area (Å²) in [6, 6.07) is 7.02. The van der Waals surface area contributed by atoms with Gasteiger partial charge in [-0.05, 0) is 56.5 Å². The molecule has 0 saturated carbocycles. The minimum absolute atomic E-state index is 0. The van der Waals surface area contributed by atoms with E-state index in [1.54, 1.807) is 12.1 Å². The van der Waals surface area contributed by atoms with Gasteiger partial charge in [-0.15, -0.1) is 24.0 Å². The van der Waals surface area contributed by atoms with Crippen molar-refractivity contribution in [1.29, 1.82) is 0 Å². The summed E-state index contributed by atoms with van der Waals surface area (Å²) in [5.74, 6) is 1.19. The quantitative estimate of drug-likeness (QED) is 0.283. The molecule has 2 aliphatic heterocycles. The second-order valence-electron chi connectivity index (χ2n) is 8.43. The highest BCUT2D eigenvalue weighted by molar-refractivity contribution is 14.0. The lowest BCUT2D eigenvalue weighted by Crippen LogP contribution is -2.46. The van der Waals surface area contributed by atoms with E-state index in [0.717, 1.165) is 64.0 Å². The van der Waals surface area contributed by atoms with Crippen LogP contribution in [0.5, 0.6) is 0 Å². The van der Waals surface area contributed by atoms with E-state index in [4.69, 9.17) is 9.73 Å². The van der Waals surface area contributed by atoms with Crippen molar-refractivity contribution in [3.63, 3.8) is 0 Å². The summed E-state index contributed by atoms with van der Waals surface area (Å²) in [5.41, 5.74) is 1.11. The molecular weight excluding hydrogens is 508 g/mol. The number of hydrogen-bond acceptors (Lipinski definition) is 4. The number of morpholine rings is 1. The van der Waals surface area contributed by atoms with Crippen molar-refractivity contribution < 1.29 is 9.13 Å². The van der Waals surface area contributed by atoms with Crippen LogP contribution >= 0.6 is 24.0 Å². The zero-order chi connectivity index (χ0) is 21.2. The van der Waals surface area contributed by atoms with Gasteiger partial charge in [-0.3, -0.25) is 9.89 Å². The van der Waals surface area contributed by atoms with Crippen molar-refractivity contribution >= 4 is 29.9 Å². The number of guanidine groups is 1. The first-order valence-corrected chi connectivity index (χ1v) is 11.5. The fourth-order valence-electron chi connectivity index (χ4n) is 4.28. The number of halogens is 2. The molecule has 1 aromatic carbocycles. The van der Waals surface area contributed by atoms with E-state index >= 15 is 0 Å². The van der Waals surface area contributed by atoms with Crippen molar-refractivity contribution in [2.24, 2.45) is 10.9 Å². The maximum atomic E-state index is 13.4. The summed E-state index contributed by atoms with van der Waals surface area (Å²) in [6.07, 6.45) is 2.65. The molecule has 0 spiro atoms. The summed E-state index contributed by atoms with van der Waals surface area (Å²) < 4.78 is 19.0. The first kappa shape index (κ1) is 26.3. The van der Waals surface area contributed by atoms with E-state index in [1.807, 2.05) is 12.1 Å². The van der Waals surface area contributed by atoms with Gasteiger partial charge in [0.25, 0.3) is 0 Å². The molecule has 2 aliphatic rings. The van der Waals surface area contributed by atoms with Crippen LogP contribution in [-0.2, 0) is 4.74 Å². The number of nitrogens with zero attached hydrogens (tertiary/aromatic N) is 3. The summed E-state index contributed by atoms with van der Waals surface area (Å²) >= 11 is 0. The number of aliphatic imine (C=N–C) groups is 1. The van der Waals surface area contributed by atoms with Crippen LogP contribution in [0.25, 0.3) is 0 Å². The first-order valence-electron chi connectivity index (χ1n) is 11.5. The van der Waals surface area contributed by atoms with E-state index in [2.05, 4.69) is 34.3 Å². The summed E-state index contributed by atoms with van der Waals surface area (Å²) in [5, 5.41) is 6.90. The van der Waals surface area contributed by atoms with E-state index < -0.39 is 0 Å². The zero-order valence-electron chi connectivity index (χ0n) is 19.0. The maximum absolute atomic E-state index is 13.4. The van der Waals surface area contributed by atoms with Crippen LogP contribution in [-0.4, -0.2) is 81.3 Å². The van der Waals surface area contributed by atoms with Gasteiger partial charge in [0, 0.05) is 39.3 Å². The molecule has 0 amide bonds. The molecule has 0 radical (unpaired) electrons. The SMILES string of the molecule is CCNC(=NCC(C)CN1CCCC1)NCC(c1ccc(F)cc1)N1CCOCC1.I. The van der Waals surface area contributed by atoms with Crippen molar-refractivity contribution in [2.45, 2.75) is 32.7 Å². The lowest BCUT2D eigenvalue weighted by Gasteiger charge is -2.35. The van der Waals surface area contributed by atoms with Crippen molar-refractivity contribution in [1.82, 2.24) is 20.4 Å². The smallest absolute Gasteiger partial charge is 0.191 e. The molecule has 2 unspecified atom stereocenters. The molecule has 0 aliphatic carbocycles. The van der Waals surface area contributed by atoms with Crippen molar-refractivity contribution in [3.8, 4) is 0 Å². The van der Waals surface area contributed by atoms with Crippen LogP contribution in [0, 0.1) is 11.7 Å². The van der Waals surface area contributed by atoms with E-state index in [-0.39, 0.29) is 35.8 Å². The molecule has 2 heterocycles. The molecule has 176 valence electrons. The average molecular weight is 548 g/mol. The van der Waals surface area contributed by atoms with Gasteiger partial charge in [-0.2, -0.15) is 0 Å². The third-order valence-corrected chi connectivity index (χ3v) is 5.88. The molecule has 3 rings (SSSR count). The molecule has 2 fully saturated rings. The van der Waals surface area contributed by atoms with Crippen LogP contribution in [0.2, 0.25) is 0 Å². The van der Waals surface area contributed by atoms with Crippen LogP contribution in [0.1, 0.15) is 38.3 Å². The van der Waals surface area contributed by atoms with Crippen LogP contribution < -0.4 is 10.6 Å². The highest BCUT2D eigenvalue weighted by Gasteiger charge is 2.23. The van der Waals surface area contributed by atoms with Crippen LogP contribution in [0.3, 0.4) is 0 Å². The predicted molar refractivity (Wildman–Crippen MR) is 136 cm³/mol. The normalized spacial score (nSPS) is 20.2. The van der Waals surface area contributed by atoms with Gasteiger partial charge < -0.3 is 20.3 Å². The Kier molecular flexibility index (Phi) is 12.1. The lowest BCUT2D eigenvalue weighted by atomic mass is 10.0. The molecule has 0 aromatic heterocycles. The zero-order valence-corrected chi connectivity index (χ0v) is 21.3. The van der Waals surface area contributed by atoms with Crippen molar-refractivity contribution in [2.75, 3.05) is 65.6 Å². The number of hydrogen-bond donors (Lipinski definition) is 2. The summed E-state index contributed by atoms with van der Waals surface area (Å²) in [4.78, 5) is 9.80. The highest BCUT2D eigenvalue weighted by atomic mass is 127. The van der Waals surface area contributed by atoms with E-state index in [9.17, 15) is 4.39 Å². The Balaban J connectivity index is 0.00000341. The molecular formula is C23H39FIN5O. The van der Waals surface area contributed by atoms with Gasteiger partial charge in [0.1, 0.15) is 5.82 Å². The van der Waals surface area contributed by atoms with Gasteiger partial charge in [0.2, 0.25) is 0 Å². The fourth-order valence-corrected chi connectivity index (χ4v) is 4.28. The molecule has 2 saturated heterocycles. The van der Waals surface area contributed by atoms with E-state index in [0.29, 0.717) is 5.92 Å². The number of benzene rings is 1. The summed E-state index contributed by atoms with van der Waals surface area (Å²) in [6.45, 7) is 13.5. The average Bonchev–Trinajstić information content (AvgIpc) is 3.27. The second-order valence-corrected chi connectivity index (χ2v) is 8.43. The minimum Gasteiger partial charge on any atom is -0.379 e. The third-order valence-electron chi connectivity index (χ3n) is 5.88. The number of likely N-dealkylation sites (tertiary alicyclic amines) is 1. The molecule has 0 bridgehead atoms. The lowest BCUT2D eigenvalue weighted by molar-refractivity contribution is 0.0170. The highest BCUT2D eigenvalue weighted by Crippen LogP contribution is 2.21. The Morgan fingerprint density at radius 1 is 1.10 bits per heavy atom. The Hall–Kier alpha value is -0.970. The van der Waals surface area contributed by atoms with Gasteiger partial charge in [0.15, 0.2) is 5.96 Å². The monoisotopic (exact) mass is 547 g/mol. The number of ether oxygens (including phenoxy) is 1. The predicted octanol–water partition coefficient (Wildman–Crippen LogP) is 3.10. The number of nitrogens with one attached hydrogen (secondary N) is 2. The van der Waals surface area contributed by atoms with Crippen molar-refractivity contribution in [3.05, 3.63) is 35.6 Å². The Bertz CT molecular complexity index is 648. The maximum Gasteiger partial charge on any atom is 0.191 e. The molecule has 1 aromatic rings. The Morgan fingerprint density at radius 2 is 1.77 bits per heavy atom. The van der Waals surface area contributed by atoms with Gasteiger partial charge in [-0.25, -0.2) is 4.39 Å². The molecule has 8 heteroatoms. The molecule has 6 nitrogen and oxygen atoms in total. The Labute approximate surface area is 204 Å².